The average molecular weight is 619 g/mol. The Morgan fingerprint density at radius 1 is 0.860 bits per heavy atom. The molecule has 2 bridgehead atoms. The monoisotopic (exact) mass is 618 g/mol. The molecule has 0 unspecified atom stereocenters. The molecule has 0 radical (unpaired) electrons. The Morgan fingerprint density at radius 3 is 2.07 bits per heavy atom. The number of hydrogen-bond acceptors (Lipinski definition) is 12. The molecule has 0 amide bonds. The summed E-state index contributed by atoms with van der Waals surface area (Å²) in [5.74, 6) is -4.90. The number of carbonyl (C=O) groups is 5. The maximum atomic E-state index is 13.6. The lowest BCUT2D eigenvalue weighted by Crippen LogP contribution is -2.68. The van der Waals surface area contributed by atoms with Gasteiger partial charge in [0.1, 0.15) is 12.4 Å². The van der Waals surface area contributed by atoms with Crippen molar-refractivity contribution in [2.24, 2.45) is 0 Å². The molecule has 0 N–H and O–H groups in total. The molecule has 12 nitrogen and oxygen atoms in total. The quantitative estimate of drug-likeness (QED) is 0.218. The van der Waals surface area contributed by atoms with Crippen LogP contribution in [0.15, 0.2) is 42.5 Å². The van der Waals surface area contributed by atoms with Gasteiger partial charge in [-0.2, -0.15) is 0 Å². The van der Waals surface area contributed by atoms with E-state index in [0.717, 1.165) is 20.8 Å². The highest BCUT2D eigenvalue weighted by Gasteiger charge is 2.72. The van der Waals surface area contributed by atoms with Gasteiger partial charge in [0.2, 0.25) is 11.9 Å². The Labute approximate surface area is 252 Å². The maximum Gasteiger partial charge on any atom is 0.303 e. The molecular weight excluding hydrogens is 588 g/mol. The summed E-state index contributed by atoms with van der Waals surface area (Å²) in [4.78, 5) is 62.2. The van der Waals surface area contributed by atoms with Crippen molar-refractivity contribution in [3.05, 3.63) is 64.2 Å². The molecule has 2 aliphatic rings. The topological polar surface area (TPSA) is 150 Å². The first-order chi connectivity index (χ1) is 20.3. The largest absolute Gasteiger partial charge is 0.494 e. The van der Waals surface area contributed by atoms with E-state index in [-0.39, 0.29) is 22.8 Å². The highest BCUT2D eigenvalue weighted by molar-refractivity contribution is 6.35. The third kappa shape index (κ3) is 6.51. The van der Waals surface area contributed by atoms with Crippen LogP contribution in [0.2, 0.25) is 5.02 Å². The normalized spacial score (nSPS) is 25.8. The maximum absolute atomic E-state index is 13.6. The summed E-state index contributed by atoms with van der Waals surface area (Å²) in [6.45, 7) is 6.02. The Morgan fingerprint density at radius 2 is 1.49 bits per heavy atom. The molecule has 0 aliphatic carbocycles. The molecular formula is C30H31ClO12. The summed E-state index contributed by atoms with van der Waals surface area (Å²) in [5.41, 5.74) is -1.16. The van der Waals surface area contributed by atoms with Gasteiger partial charge < -0.3 is 33.2 Å². The van der Waals surface area contributed by atoms with Crippen LogP contribution in [0.5, 0.6) is 5.75 Å². The smallest absolute Gasteiger partial charge is 0.303 e. The van der Waals surface area contributed by atoms with Crippen LogP contribution >= 0.6 is 11.6 Å². The van der Waals surface area contributed by atoms with Gasteiger partial charge in [0.25, 0.3) is 0 Å². The fraction of sp³-hybridized carbons (Fsp3) is 0.433. The van der Waals surface area contributed by atoms with E-state index < -0.39 is 66.0 Å². The van der Waals surface area contributed by atoms with Crippen molar-refractivity contribution in [1.29, 1.82) is 0 Å². The minimum Gasteiger partial charge on any atom is -0.494 e. The zero-order chi connectivity index (χ0) is 31.5. The average Bonchev–Trinajstić information content (AvgIpc) is 3.30. The lowest BCUT2D eigenvalue weighted by atomic mass is 9.82. The van der Waals surface area contributed by atoms with E-state index in [2.05, 4.69) is 0 Å². The number of ether oxygens (including phenoxy) is 7. The molecule has 2 aromatic carbocycles. The third-order valence-electron chi connectivity index (χ3n) is 6.82. The zero-order valence-electron chi connectivity index (χ0n) is 24.2. The fourth-order valence-corrected chi connectivity index (χ4v) is 5.36. The first kappa shape index (κ1) is 31.9. The van der Waals surface area contributed by atoms with Gasteiger partial charge in [-0.3, -0.25) is 24.0 Å². The van der Waals surface area contributed by atoms with E-state index in [1.54, 1.807) is 24.3 Å². The van der Waals surface area contributed by atoms with Gasteiger partial charge in [-0.1, -0.05) is 17.7 Å². The summed E-state index contributed by atoms with van der Waals surface area (Å²) in [7, 11) is 0. The van der Waals surface area contributed by atoms with Crippen LogP contribution in [-0.2, 0) is 53.4 Å². The number of carbonyl (C=O) groups excluding carboxylic acids is 5. The summed E-state index contributed by atoms with van der Waals surface area (Å²) >= 11 is 6.47. The van der Waals surface area contributed by atoms with Gasteiger partial charge in [-0.05, 0) is 43.3 Å². The van der Waals surface area contributed by atoms with E-state index in [1.807, 2.05) is 6.92 Å². The number of benzene rings is 2. The third-order valence-corrected chi connectivity index (χ3v) is 7.15. The van der Waals surface area contributed by atoms with Crippen LogP contribution in [0.1, 0.15) is 56.1 Å². The van der Waals surface area contributed by atoms with Gasteiger partial charge in [-0.25, -0.2) is 0 Å². The highest BCUT2D eigenvalue weighted by Crippen LogP contribution is 2.53. The Balaban J connectivity index is 1.86. The minimum atomic E-state index is -2.01. The summed E-state index contributed by atoms with van der Waals surface area (Å²) in [6.07, 6.45) is -4.44. The Bertz CT molecular complexity index is 1420. The Hall–Kier alpha value is -4.00. The van der Waals surface area contributed by atoms with Gasteiger partial charge in [0, 0.05) is 44.4 Å². The number of fused-ring (bicyclic) bond motifs is 2. The van der Waals surface area contributed by atoms with Crippen LogP contribution < -0.4 is 4.74 Å². The molecule has 2 aromatic rings. The van der Waals surface area contributed by atoms with E-state index >= 15 is 0 Å². The van der Waals surface area contributed by atoms with Crippen molar-refractivity contribution in [3.8, 4) is 5.75 Å². The van der Waals surface area contributed by atoms with Crippen LogP contribution in [0.3, 0.4) is 0 Å². The molecule has 4 rings (SSSR count). The Kier molecular flexibility index (Phi) is 9.43. The second-order valence-corrected chi connectivity index (χ2v) is 10.4. The number of ketones is 1. The SMILES string of the molecule is CCOc1ccc(C(=O)c2cc([C@]34OC[C@](COC(C)=O)(O3)[C@@H](OC(C)=O)[C@H](OC(C)=O)[C@H]4OC(C)=O)ccc2Cl)cc1. The summed E-state index contributed by atoms with van der Waals surface area (Å²) in [5, 5.41) is 0.109. The summed E-state index contributed by atoms with van der Waals surface area (Å²) in [6, 6.07) is 10.8. The van der Waals surface area contributed by atoms with Crippen molar-refractivity contribution >= 4 is 41.3 Å². The van der Waals surface area contributed by atoms with Crippen molar-refractivity contribution in [2.45, 2.75) is 64.3 Å². The van der Waals surface area contributed by atoms with Gasteiger partial charge in [-0.15, -0.1) is 0 Å². The molecule has 13 heteroatoms. The van der Waals surface area contributed by atoms with Crippen LogP contribution in [0.4, 0.5) is 0 Å². The first-order valence-electron chi connectivity index (χ1n) is 13.4. The van der Waals surface area contributed by atoms with Crippen LogP contribution in [-0.4, -0.2) is 73.4 Å². The number of esters is 4. The van der Waals surface area contributed by atoms with Crippen molar-refractivity contribution in [3.63, 3.8) is 0 Å². The minimum absolute atomic E-state index is 0.0649. The van der Waals surface area contributed by atoms with E-state index in [1.165, 1.54) is 25.1 Å². The lowest BCUT2D eigenvalue weighted by molar-refractivity contribution is -0.334. The molecule has 2 saturated heterocycles. The number of hydrogen-bond donors (Lipinski definition) is 0. The van der Waals surface area contributed by atoms with Gasteiger partial charge >= 0.3 is 23.9 Å². The number of halogens is 1. The van der Waals surface area contributed by atoms with E-state index in [0.29, 0.717) is 17.9 Å². The van der Waals surface area contributed by atoms with Gasteiger partial charge in [0.15, 0.2) is 23.6 Å². The predicted octanol–water partition coefficient (Wildman–Crippen LogP) is 3.28. The zero-order valence-corrected chi connectivity index (χ0v) is 24.9. The lowest BCUT2D eigenvalue weighted by Gasteiger charge is -2.49. The van der Waals surface area contributed by atoms with E-state index in [9.17, 15) is 24.0 Å². The second-order valence-electron chi connectivity index (χ2n) is 10.0. The fourth-order valence-electron chi connectivity index (χ4n) is 5.16. The van der Waals surface area contributed by atoms with Crippen molar-refractivity contribution in [1.82, 2.24) is 0 Å². The predicted molar refractivity (Wildman–Crippen MR) is 147 cm³/mol. The highest BCUT2D eigenvalue weighted by atomic mass is 35.5. The van der Waals surface area contributed by atoms with Crippen LogP contribution in [0.25, 0.3) is 0 Å². The molecule has 5 atom stereocenters. The van der Waals surface area contributed by atoms with Crippen LogP contribution in [0, 0.1) is 0 Å². The molecule has 0 aromatic heterocycles. The number of rotatable bonds is 10. The van der Waals surface area contributed by atoms with Crippen molar-refractivity contribution < 1.29 is 57.1 Å². The molecule has 230 valence electrons. The summed E-state index contributed by atoms with van der Waals surface area (Å²) < 4.78 is 40.1. The second kappa shape index (κ2) is 12.7. The standard InChI is InChI=1S/C30H31ClO12/c1-6-37-22-10-7-20(8-11-22)25(36)23-13-21(9-12-24(23)31)30-28(42-19(5)35)26(40-17(3)33)27(41-18(4)34)29(43-30,15-39-30)14-38-16(2)32/h7-13,26-28H,6,14-15H2,1-5H3/t26-,27-,28+,29-,30-/m0/s1. The molecule has 43 heavy (non-hydrogen) atoms. The molecule has 0 saturated carbocycles. The molecule has 2 aliphatic heterocycles. The van der Waals surface area contributed by atoms with Gasteiger partial charge in [0.05, 0.1) is 18.2 Å². The van der Waals surface area contributed by atoms with Crippen molar-refractivity contribution in [2.75, 3.05) is 19.8 Å². The first-order valence-corrected chi connectivity index (χ1v) is 13.8. The van der Waals surface area contributed by atoms with E-state index in [4.69, 9.17) is 44.8 Å². The molecule has 0 spiro atoms. The molecule has 2 fully saturated rings. The molecule has 2 heterocycles.